The van der Waals surface area contributed by atoms with E-state index in [0.717, 1.165) is 42.7 Å². The summed E-state index contributed by atoms with van der Waals surface area (Å²) in [5.41, 5.74) is 4.59. The van der Waals surface area contributed by atoms with Gasteiger partial charge in [-0.1, -0.05) is 54.6 Å². The van der Waals surface area contributed by atoms with E-state index < -0.39 is 0 Å². The molecule has 0 bridgehead atoms. The lowest BCUT2D eigenvalue weighted by Crippen LogP contribution is -2.31. The van der Waals surface area contributed by atoms with Crippen molar-refractivity contribution in [3.05, 3.63) is 82.8 Å². The molecule has 2 aromatic rings. The molecule has 0 radical (unpaired) electrons. The summed E-state index contributed by atoms with van der Waals surface area (Å²) in [5.74, 6) is 0. The predicted molar refractivity (Wildman–Crippen MR) is 124 cm³/mol. The zero-order chi connectivity index (χ0) is 20.1. The highest BCUT2D eigenvalue weighted by atomic mass is 32.2. The molecule has 0 amide bonds. The van der Waals surface area contributed by atoms with Gasteiger partial charge in [0.05, 0.1) is 18.1 Å². The summed E-state index contributed by atoms with van der Waals surface area (Å²) in [6.45, 7) is 3.33. The van der Waals surface area contributed by atoms with Crippen LogP contribution in [0.15, 0.2) is 76.6 Å². The van der Waals surface area contributed by atoms with Gasteiger partial charge in [-0.2, -0.15) is 0 Å². The van der Waals surface area contributed by atoms with E-state index in [9.17, 15) is 0 Å². The number of ether oxygens (including phenoxy) is 1. The Hall–Kier alpha value is -2.63. The van der Waals surface area contributed by atoms with Crippen LogP contribution in [0.3, 0.4) is 0 Å². The van der Waals surface area contributed by atoms with Gasteiger partial charge in [-0.15, -0.1) is 0 Å². The van der Waals surface area contributed by atoms with Crippen molar-refractivity contribution in [1.29, 1.82) is 0 Å². The molecule has 2 aromatic carbocycles. The molecule has 1 saturated heterocycles. The molecular formula is C24H26N3OS+. The first kappa shape index (κ1) is 19.7. The first-order valence-corrected chi connectivity index (χ1v) is 10.7. The van der Waals surface area contributed by atoms with Crippen LogP contribution in [-0.4, -0.2) is 55.9 Å². The number of anilines is 1. The molecule has 0 atom stereocenters. The normalized spacial score (nSPS) is 18.6. The minimum absolute atomic E-state index is 0.766. The second-order valence-electron chi connectivity index (χ2n) is 7.19. The standard InChI is InChI=1S/C24H26N3OS/c1-26(2)21-13-11-19(12-14-21)7-6-10-22-23(20-8-4-3-5-9-20)25-24(29-22)27-15-17-28-18-16-27/h3-14H,15-18H2,1-2H3/q+1. The third-order valence-electron chi connectivity index (χ3n) is 4.92. The highest BCUT2D eigenvalue weighted by Crippen LogP contribution is 2.31. The molecule has 5 heteroatoms. The Kier molecular flexibility index (Phi) is 6.27. The molecule has 29 heavy (non-hydrogen) atoms. The highest BCUT2D eigenvalue weighted by molar-refractivity contribution is 8.18. The topological polar surface area (TPSA) is 27.8 Å². The zero-order valence-electron chi connectivity index (χ0n) is 16.9. The fraction of sp³-hybridized carbons (Fsp3) is 0.250. The van der Waals surface area contributed by atoms with E-state index in [4.69, 9.17) is 9.73 Å². The first-order valence-electron chi connectivity index (χ1n) is 9.88. The molecule has 0 aliphatic carbocycles. The van der Waals surface area contributed by atoms with Gasteiger partial charge in [-0.05, 0) is 28.8 Å². The Morgan fingerprint density at radius 2 is 1.72 bits per heavy atom. The molecule has 0 unspecified atom stereocenters. The van der Waals surface area contributed by atoms with Gasteiger partial charge in [-0.3, -0.25) is 0 Å². The number of aliphatic imine (C=N–C) groups is 1. The van der Waals surface area contributed by atoms with Gasteiger partial charge < -0.3 is 9.64 Å². The SMILES string of the molecule is CN(C)c1ccc(/C=C/C=C2\SC(=[N+]3CCOCC3)N=C2c2ccccc2)cc1. The maximum atomic E-state index is 5.49. The maximum Gasteiger partial charge on any atom is 0.360 e. The van der Waals surface area contributed by atoms with Crippen LogP contribution < -0.4 is 4.90 Å². The summed E-state index contributed by atoms with van der Waals surface area (Å²) in [7, 11) is 4.11. The lowest BCUT2D eigenvalue weighted by Gasteiger charge is -2.13. The molecule has 0 aromatic heterocycles. The Bertz CT molecular complexity index is 965. The van der Waals surface area contributed by atoms with Crippen LogP contribution >= 0.6 is 11.8 Å². The Morgan fingerprint density at radius 3 is 2.41 bits per heavy atom. The van der Waals surface area contributed by atoms with Crippen molar-refractivity contribution < 1.29 is 9.31 Å². The van der Waals surface area contributed by atoms with Gasteiger partial charge in [0.15, 0.2) is 5.71 Å². The second kappa shape index (κ2) is 9.25. The summed E-state index contributed by atoms with van der Waals surface area (Å²) in [6.07, 6.45) is 6.43. The summed E-state index contributed by atoms with van der Waals surface area (Å²) >= 11 is 1.75. The average molecular weight is 405 g/mol. The van der Waals surface area contributed by atoms with E-state index in [-0.39, 0.29) is 0 Å². The van der Waals surface area contributed by atoms with Gasteiger partial charge in [0, 0.05) is 37.1 Å². The Labute approximate surface area is 176 Å². The van der Waals surface area contributed by atoms with Crippen LogP contribution in [0.1, 0.15) is 11.1 Å². The van der Waals surface area contributed by atoms with Crippen LogP contribution in [0.2, 0.25) is 0 Å². The maximum absolute atomic E-state index is 5.49. The third kappa shape index (κ3) is 4.86. The van der Waals surface area contributed by atoms with Crippen LogP contribution in [-0.2, 0) is 4.74 Å². The molecule has 0 saturated carbocycles. The van der Waals surface area contributed by atoms with Crippen LogP contribution in [0.4, 0.5) is 5.69 Å². The number of hydrogen-bond donors (Lipinski definition) is 0. The summed E-state index contributed by atoms with van der Waals surface area (Å²) in [6, 6.07) is 19.0. The van der Waals surface area contributed by atoms with Gasteiger partial charge in [0.1, 0.15) is 13.1 Å². The van der Waals surface area contributed by atoms with Gasteiger partial charge >= 0.3 is 5.17 Å². The molecule has 2 aliphatic rings. The van der Waals surface area contributed by atoms with Crippen LogP contribution in [0.25, 0.3) is 6.08 Å². The molecule has 4 rings (SSSR count). The predicted octanol–water partition coefficient (Wildman–Crippen LogP) is 4.28. The van der Waals surface area contributed by atoms with E-state index in [2.05, 4.69) is 90.3 Å². The molecule has 1 fully saturated rings. The van der Waals surface area contributed by atoms with E-state index in [1.807, 2.05) is 6.07 Å². The van der Waals surface area contributed by atoms with Crippen molar-refractivity contribution >= 4 is 34.4 Å². The van der Waals surface area contributed by atoms with Crippen molar-refractivity contribution in [1.82, 2.24) is 0 Å². The van der Waals surface area contributed by atoms with Crippen molar-refractivity contribution in [3.8, 4) is 0 Å². The van der Waals surface area contributed by atoms with Crippen molar-refractivity contribution in [3.63, 3.8) is 0 Å². The smallest absolute Gasteiger partial charge is 0.360 e. The number of morpholine rings is 1. The Morgan fingerprint density at radius 1 is 1.00 bits per heavy atom. The fourth-order valence-electron chi connectivity index (χ4n) is 3.26. The van der Waals surface area contributed by atoms with Crippen molar-refractivity contribution in [2.24, 2.45) is 4.99 Å². The second-order valence-corrected chi connectivity index (χ2v) is 8.20. The van der Waals surface area contributed by atoms with Crippen molar-refractivity contribution in [2.75, 3.05) is 45.3 Å². The monoisotopic (exact) mass is 404 g/mol. The summed E-state index contributed by atoms with van der Waals surface area (Å²) in [4.78, 5) is 8.27. The van der Waals surface area contributed by atoms with Crippen LogP contribution in [0.5, 0.6) is 0 Å². The minimum Gasteiger partial charge on any atom is -0.378 e. The summed E-state index contributed by atoms with van der Waals surface area (Å²) < 4.78 is 7.81. The molecule has 148 valence electrons. The Balaban J connectivity index is 1.59. The zero-order valence-corrected chi connectivity index (χ0v) is 17.7. The third-order valence-corrected chi connectivity index (χ3v) is 6.00. The average Bonchev–Trinajstić information content (AvgIpc) is 3.19. The van der Waals surface area contributed by atoms with E-state index in [0.29, 0.717) is 0 Å². The number of nitrogens with zero attached hydrogens (tertiary/aromatic N) is 3. The quantitative estimate of drug-likeness (QED) is 0.712. The summed E-state index contributed by atoms with van der Waals surface area (Å²) in [5, 5.41) is 1.07. The van der Waals surface area contributed by atoms with Gasteiger partial charge in [-0.25, -0.2) is 4.58 Å². The van der Waals surface area contributed by atoms with Crippen molar-refractivity contribution in [2.45, 2.75) is 0 Å². The van der Waals surface area contributed by atoms with Gasteiger partial charge in [0.2, 0.25) is 0 Å². The molecule has 2 heterocycles. The molecule has 4 nitrogen and oxygen atoms in total. The molecule has 0 spiro atoms. The number of hydrogen-bond acceptors (Lipinski definition) is 3. The number of amidine groups is 1. The number of thioether (sulfide) groups is 1. The molecule has 0 N–H and O–H groups in total. The molecule has 2 aliphatic heterocycles. The first-order chi connectivity index (χ1) is 14.2. The highest BCUT2D eigenvalue weighted by Gasteiger charge is 2.32. The fourth-order valence-corrected chi connectivity index (χ4v) is 4.31. The van der Waals surface area contributed by atoms with Crippen LogP contribution in [0, 0.1) is 0 Å². The van der Waals surface area contributed by atoms with E-state index in [1.54, 1.807) is 11.8 Å². The lowest BCUT2D eigenvalue weighted by atomic mass is 10.1. The number of benzene rings is 2. The minimum atomic E-state index is 0.766. The lowest BCUT2D eigenvalue weighted by molar-refractivity contribution is -0.547. The van der Waals surface area contributed by atoms with E-state index >= 15 is 0 Å². The van der Waals surface area contributed by atoms with E-state index in [1.165, 1.54) is 16.2 Å². The number of allylic oxidation sites excluding steroid dienone is 3. The number of rotatable bonds is 4. The van der Waals surface area contributed by atoms with Gasteiger partial charge in [0.25, 0.3) is 0 Å². The molecular weight excluding hydrogens is 378 g/mol. The largest absolute Gasteiger partial charge is 0.378 e.